The van der Waals surface area contributed by atoms with Crippen LogP contribution in [0, 0.1) is 0 Å². The Morgan fingerprint density at radius 2 is 1.67 bits per heavy atom. The SMILES string of the molecule is O=C(Cc1ccc(S(=O)(=O)N2CCCC2)s1)Nc1ccc(NC(=O)NCc2ccco2)cc1. The monoisotopic (exact) mass is 488 g/mol. The molecule has 3 amide bonds. The van der Waals surface area contributed by atoms with Crippen LogP contribution in [0.25, 0.3) is 0 Å². The zero-order valence-electron chi connectivity index (χ0n) is 17.7. The largest absolute Gasteiger partial charge is 0.467 e. The number of thiophene rings is 1. The van der Waals surface area contributed by atoms with Crippen LogP contribution in [-0.4, -0.2) is 37.8 Å². The van der Waals surface area contributed by atoms with Crippen LogP contribution >= 0.6 is 11.3 Å². The third-order valence-corrected chi connectivity index (χ3v) is 8.51. The molecule has 0 bridgehead atoms. The maximum absolute atomic E-state index is 12.6. The number of carbonyl (C=O) groups is 2. The standard InChI is InChI=1S/C22H24N4O5S2/c27-20(14-19-9-10-21(32-19)33(29,30)26-11-1-2-12-26)24-16-5-7-17(8-6-16)25-22(28)23-15-18-4-3-13-31-18/h3-10,13H,1-2,11-12,14-15H2,(H,24,27)(H2,23,25,28). The van der Waals surface area contributed by atoms with Gasteiger partial charge in [-0.3, -0.25) is 4.79 Å². The zero-order valence-corrected chi connectivity index (χ0v) is 19.4. The van der Waals surface area contributed by atoms with Crippen LogP contribution in [0.4, 0.5) is 16.2 Å². The Morgan fingerprint density at radius 3 is 2.33 bits per heavy atom. The number of hydrogen-bond acceptors (Lipinski definition) is 6. The summed E-state index contributed by atoms with van der Waals surface area (Å²) in [5, 5.41) is 8.17. The fourth-order valence-electron chi connectivity index (χ4n) is 3.40. The summed E-state index contributed by atoms with van der Waals surface area (Å²) in [6.45, 7) is 1.37. The van der Waals surface area contributed by atoms with E-state index in [4.69, 9.17) is 4.42 Å². The van der Waals surface area contributed by atoms with Gasteiger partial charge in [-0.15, -0.1) is 11.3 Å². The topological polar surface area (TPSA) is 121 Å². The van der Waals surface area contributed by atoms with Crippen molar-refractivity contribution in [1.82, 2.24) is 9.62 Å². The third kappa shape index (κ3) is 6.01. The average Bonchev–Trinajstić information content (AvgIpc) is 3.56. The van der Waals surface area contributed by atoms with Crippen molar-refractivity contribution in [1.29, 1.82) is 0 Å². The minimum atomic E-state index is -3.47. The summed E-state index contributed by atoms with van der Waals surface area (Å²) >= 11 is 1.13. The number of urea groups is 1. The number of sulfonamides is 1. The second kappa shape index (κ2) is 10.2. The lowest BCUT2D eigenvalue weighted by atomic mass is 10.2. The van der Waals surface area contributed by atoms with E-state index in [1.807, 2.05) is 0 Å². The molecule has 0 radical (unpaired) electrons. The van der Waals surface area contributed by atoms with E-state index >= 15 is 0 Å². The van der Waals surface area contributed by atoms with Crippen LogP contribution in [-0.2, 0) is 27.8 Å². The predicted octanol–water partition coefficient (Wildman–Crippen LogP) is 3.63. The van der Waals surface area contributed by atoms with E-state index in [1.165, 1.54) is 10.6 Å². The van der Waals surface area contributed by atoms with Crippen LogP contribution in [0.2, 0.25) is 0 Å². The number of furan rings is 1. The van der Waals surface area contributed by atoms with Gasteiger partial charge in [-0.25, -0.2) is 13.2 Å². The molecule has 3 N–H and O–H groups in total. The van der Waals surface area contributed by atoms with Gasteiger partial charge < -0.3 is 20.4 Å². The Bertz CT molecular complexity index is 1200. The molecule has 1 saturated heterocycles. The highest BCUT2D eigenvalue weighted by Crippen LogP contribution is 2.27. The van der Waals surface area contributed by atoms with Gasteiger partial charge in [-0.05, 0) is 61.4 Å². The molecular weight excluding hydrogens is 464 g/mol. The molecule has 1 aliphatic rings. The number of nitrogens with zero attached hydrogens (tertiary/aromatic N) is 1. The fraction of sp³-hybridized carbons (Fsp3) is 0.273. The van der Waals surface area contributed by atoms with Gasteiger partial charge in [-0.1, -0.05) is 0 Å². The first-order valence-corrected chi connectivity index (χ1v) is 12.7. The molecule has 0 saturated carbocycles. The summed E-state index contributed by atoms with van der Waals surface area (Å²) < 4.78 is 32.2. The molecule has 3 heterocycles. The summed E-state index contributed by atoms with van der Waals surface area (Å²) in [6, 6.07) is 13.1. The molecule has 2 aromatic heterocycles. The van der Waals surface area contributed by atoms with Crippen molar-refractivity contribution < 1.29 is 22.4 Å². The predicted molar refractivity (Wildman–Crippen MR) is 126 cm³/mol. The summed E-state index contributed by atoms with van der Waals surface area (Å²) in [4.78, 5) is 25.0. The Labute approximate surface area is 195 Å². The molecule has 1 fully saturated rings. The van der Waals surface area contributed by atoms with Crippen molar-refractivity contribution in [3.63, 3.8) is 0 Å². The first-order chi connectivity index (χ1) is 15.9. The van der Waals surface area contributed by atoms with Crippen molar-refractivity contribution in [2.45, 2.75) is 30.0 Å². The molecule has 33 heavy (non-hydrogen) atoms. The molecule has 0 spiro atoms. The lowest BCUT2D eigenvalue weighted by Crippen LogP contribution is -2.27. The quantitative estimate of drug-likeness (QED) is 0.447. The number of anilines is 2. The maximum atomic E-state index is 12.6. The molecule has 9 nitrogen and oxygen atoms in total. The van der Waals surface area contributed by atoms with Gasteiger partial charge in [-0.2, -0.15) is 4.31 Å². The summed E-state index contributed by atoms with van der Waals surface area (Å²) in [5.41, 5.74) is 1.14. The highest BCUT2D eigenvalue weighted by Gasteiger charge is 2.28. The lowest BCUT2D eigenvalue weighted by Gasteiger charge is -2.13. The molecular formula is C22H24N4O5S2. The van der Waals surface area contributed by atoms with Gasteiger partial charge in [0.1, 0.15) is 9.97 Å². The van der Waals surface area contributed by atoms with Crippen molar-refractivity contribution in [3.05, 3.63) is 65.4 Å². The zero-order chi connectivity index (χ0) is 23.3. The summed E-state index contributed by atoms with van der Waals surface area (Å²) in [7, 11) is -3.47. The Hall–Kier alpha value is -3.15. The molecule has 1 aromatic carbocycles. The van der Waals surface area contributed by atoms with Crippen LogP contribution < -0.4 is 16.0 Å². The normalized spacial score (nSPS) is 14.2. The molecule has 4 rings (SSSR count). The van der Waals surface area contributed by atoms with Crippen LogP contribution in [0.5, 0.6) is 0 Å². The van der Waals surface area contributed by atoms with Gasteiger partial charge in [0.05, 0.1) is 19.2 Å². The molecule has 0 unspecified atom stereocenters. The van der Waals surface area contributed by atoms with Gasteiger partial charge in [0.25, 0.3) is 10.0 Å². The van der Waals surface area contributed by atoms with Crippen LogP contribution in [0.3, 0.4) is 0 Å². The molecule has 1 aliphatic heterocycles. The van der Waals surface area contributed by atoms with Crippen molar-refractivity contribution >= 4 is 44.7 Å². The van der Waals surface area contributed by atoms with Gasteiger partial charge >= 0.3 is 6.03 Å². The van der Waals surface area contributed by atoms with E-state index in [0.29, 0.717) is 35.1 Å². The highest BCUT2D eigenvalue weighted by molar-refractivity contribution is 7.91. The number of nitrogens with one attached hydrogen (secondary N) is 3. The third-order valence-electron chi connectivity index (χ3n) is 5.06. The minimum Gasteiger partial charge on any atom is -0.467 e. The molecule has 174 valence electrons. The second-order valence-corrected chi connectivity index (χ2v) is 10.9. The second-order valence-electron chi connectivity index (χ2n) is 7.52. The Balaban J connectivity index is 1.26. The smallest absolute Gasteiger partial charge is 0.319 e. The Morgan fingerprint density at radius 1 is 0.970 bits per heavy atom. The first-order valence-electron chi connectivity index (χ1n) is 10.5. The van der Waals surface area contributed by atoms with Crippen molar-refractivity contribution in [2.75, 3.05) is 23.7 Å². The molecule has 0 atom stereocenters. The number of amides is 3. The van der Waals surface area contributed by atoms with E-state index in [0.717, 1.165) is 24.2 Å². The van der Waals surface area contributed by atoms with E-state index in [2.05, 4.69) is 16.0 Å². The molecule has 0 aliphatic carbocycles. The summed E-state index contributed by atoms with van der Waals surface area (Å²) in [6.07, 6.45) is 3.37. The number of rotatable bonds is 8. The first kappa shape index (κ1) is 23.0. The van der Waals surface area contributed by atoms with E-state index < -0.39 is 10.0 Å². The number of benzene rings is 1. The fourth-order valence-corrected chi connectivity index (χ4v) is 6.43. The van der Waals surface area contributed by atoms with Gasteiger partial charge in [0, 0.05) is 29.3 Å². The van der Waals surface area contributed by atoms with Crippen molar-refractivity contribution in [3.8, 4) is 0 Å². The lowest BCUT2D eigenvalue weighted by molar-refractivity contribution is -0.115. The average molecular weight is 489 g/mol. The van der Waals surface area contributed by atoms with E-state index in [-0.39, 0.29) is 29.1 Å². The van der Waals surface area contributed by atoms with Gasteiger partial charge in [0.2, 0.25) is 5.91 Å². The highest BCUT2D eigenvalue weighted by atomic mass is 32.2. The minimum absolute atomic E-state index is 0.0787. The van der Waals surface area contributed by atoms with E-state index in [1.54, 1.807) is 48.5 Å². The summed E-state index contributed by atoms with van der Waals surface area (Å²) in [5.74, 6) is 0.397. The van der Waals surface area contributed by atoms with Crippen LogP contribution in [0.1, 0.15) is 23.5 Å². The number of hydrogen-bond donors (Lipinski definition) is 3. The van der Waals surface area contributed by atoms with E-state index in [9.17, 15) is 18.0 Å². The molecule has 11 heteroatoms. The molecule has 3 aromatic rings. The Kier molecular flexibility index (Phi) is 7.11. The maximum Gasteiger partial charge on any atom is 0.319 e. The number of carbonyl (C=O) groups excluding carboxylic acids is 2. The van der Waals surface area contributed by atoms with Gasteiger partial charge in [0.15, 0.2) is 0 Å². The van der Waals surface area contributed by atoms with Crippen LogP contribution in [0.15, 0.2) is 63.4 Å². The van der Waals surface area contributed by atoms with Crippen molar-refractivity contribution in [2.24, 2.45) is 0 Å².